The summed E-state index contributed by atoms with van der Waals surface area (Å²) in [6, 6.07) is 6.52. The molecule has 1 N–H and O–H groups in total. The van der Waals surface area contributed by atoms with Gasteiger partial charge in [-0.25, -0.2) is 0 Å². The average Bonchev–Trinajstić information content (AvgIpc) is 3.43. The van der Waals surface area contributed by atoms with Gasteiger partial charge in [0.05, 0.1) is 11.8 Å². The number of nitrogens with one attached hydrogen (secondary N) is 1. The van der Waals surface area contributed by atoms with Gasteiger partial charge in [0, 0.05) is 37.7 Å². The number of nitrogens with zero attached hydrogens (tertiary/aromatic N) is 4. The lowest BCUT2D eigenvalue weighted by molar-refractivity contribution is -0.128. The number of hydrogen-bond donors (Lipinski definition) is 1. The number of carbonyl (C=O) groups excluding carboxylic acids is 2. The molecule has 0 spiro atoms. The monoisotopic (exact) mass is 531 g/mol. The zero-order valence-electron chi connectivity index (χ0n) is 24.4. The minimum absolute atomic E-state index is 0.0111. The Kier molecular flexibility index (Phi) is 6.83. The van der Waals surface area contributed by atoms with E-state index in [9.17, 15) is 9.59 Å². The first-order chi connectivity index (χ1) is 18.6. The highest BCUT2D eigenvalue weighted by molar-refractivity contribution is 5.94. The molecule has 2 heterocycles. The van der Waals surface area contributed by atoms with E-state index < -0.39 is 0 Å². The fraction of sp³-hybridized carbons (Fsp3) is 0.688. The van der Waals surface area contributed by atoms with E-state index in [2.05, 4.69) is 36.7 Å². The van der Waals surface area contributed by atoms with Crippen LogP contribution in [0.5, 0.6) is 0 Å². The maximum atomic E-state index is 13.7. The average molecular weight is 532 g/mol. The SMILES string of the molecule is CC(=O)N1C[C@@H](C(=O)Nc2ccc(C)cc2C)[C@H](c2nnc(C3CC(C4CCC(C)(C)CC4)C3)n2C2CC2)C1. The van der Waals surface area contributed by atoms with E-state index in [1.807, 2.05) is 24.0 Å². The maximum absolute atomic E-state index is 13.7. The normalized spacial score (nSPS) is 28.8. The van der Waals surface area contributed by atoms with Crippen molar-refractivity contribution >= 4 is 17.5 Å². The van der Waals surface area contributed by atoms with Crippen LogP contribution in [0.3, 0.4) is 0 Å². The van der Waals surface area contributed by atoms with Gasteiger partial charge >= 0.3 is 0 Å². The molecule has 210 valence electrons. The lowest BCUT2D eigenvalue weighted by Crippen LogP contribution is -2.34. The van der Waals surface area contributed by atoms with Crippen LogP contribution in [0.15, 0.2) is 18.2 Å². The Labute approximate surface area is 233 Å². The van der Waals surface area contributed by atoms with Gasteiger partial charge in [-0.15, -0.1) is 10.2 Å². The topological polar surface area (TPSA) is 80.1 Å². The van der Waals surface area contributed by atoms with Crippen molar-refractivity contribution in [2.24, 2.45) is 23.2 Å². The molecule has 1 aromatic carbocycles. The van der Waals surface area contributed by atoms with Crippen LogP contribution >= 0.6 is 0 Å². The Bertz CT molecular complexity index is 1250. The Morgan fingerprint density at radius 2 is 1.64 bits per heavy atom. The minimum atomic E-state index is -0.344. The molecule has 2 amide bonds. The molecule has 4 fully saturated rings. The van der Waals surface area contributed by atoms with Crippen molar-refractivity contribution in [3.63, 3.8) is 0 Å². The van der Waals surface area contributed by atoms with Crippen molar-refractivity contribution in [1.29, 1.82) is 0 Å². The molecule has 39 heavy (non-hydrogen) atoms. The molecule has 3 saturated carbocycles. The molecule has 1 aromatic heterocycles. The van der Waals surface area contributed by atoms with E-state index in [1.54, 1.807) is 6.92 Å². The molecule has 0 unspecified atom stereocenters. The molecule has 2 atom stereocenters. The number of hydrogen-bond acceptors (Lipinski definition) is 4. The first-order valence-electron chi connectivity index (χ1n) is 15.2. The maximum Gasteiger partial charge on any atom is 0.230 e. The number of likely N-dealkylation sites (tertiary alicyclic amines) is 1. The van der Waals surface area contributed by atoms with E-state index in [-0.39, 0.29) is 23.7 Å². The lowest BCUT2D eigenvalue weighted by Gasteiger charge is -2.44. The number of amides is 2. The summed E-state index contributed by atoms with van der Waals surface area (Å²) >= 11 is 0. The van der Waals surface area contributed by atoms with Crippen LogP contribution in [-0.2, 0) is 9.59 Å². The van der Waals surface area contributed by atoms with Crippen molar-refractivity contribution in [1.82, 2.24) is 19.7 Å². The van der Waals surface area contributed by atoms with E-state index in [1.165, 1.54) is 44.1 Å². The Morgan fingerprint density at radius 1 is 0.949 bits per heavy atom. The molecular formula is C32H45N5O2. The van der Waals surface area contributed by atoms with Gasteiger partial charge in [0.15, 0.2) is 0 Å². The summed E-state index contributed by atoms with van der Waals surface area (Å²) in [5.74, 6) is 3.69. The number of anilines is 1. The van der Waals surface area contributed by atoms with E-state index >= 15 is 0 Å². The molecular weight excluding hydrogens is 486 g/mol. The second-order valence-corrected chi connectivity index (χ2v) is 13.9. The highest BCUT2D eigenvalue weighted by Gasteiger charge is 2.47. The van der Waals surface area contributed by atoms with Gasteiger partial charge < -0.3 is 14.8 Å². The summed E-state index contributed by atoms with van der Waals surface area (Å²) in [5, 5.41) is 12.7. The molecule has 0 bridgehead atoms. The number of aromatic nitrogens is 3. The lowest BCUT2D eigenvalue weighted by atomic mass is 9.61. The predicted octanol–water partition coefficient (Wildman–Crippen LogP) is 6.14. The van der Waals surface area contributed by atoms with Crippen LogP contribution in [0.2, 0.25) is 0 Å². The van der Waals surface area contributed by atoms with Gasteiger partial charge in [-0.2, -0.15) is 0 Å². The van der Waals surface area contributed by atoms with E-state index in [0.717, 1.165) is 47.6 Å². The van der Waals surface area contributed by atoms with Gasteiger partial charge in [0.2, 0.25) is 11.8 Å². The molecule has 1 aliphatic heterocycles. The summed E-state index contributed by atoms with van der Waals surface area (Å²) in [4.78, 5) is 27.9. The van der Waals surface area contributed by atoms with Gasteiger partial charge in [0.1, 0.15) is 11.6 Å². The van der Waals surface area contributed by atoms with Gasteiger partial charge in [0.25, 0.3) is 0 Å². The zero-order valence-corrected chi connectivity index (χ0v) is 24.4. The van der Waals surface area contributed by atoms with Crippen molar-refractivity contribution in [3.05, 3.63) is 41.0 Å². The zero-order chi connectivity index (χ0) is 27.5. The second-order valence-electron chi connectivity index (χ2n) is 13.9. The van der Waals surface area contributed by atoms with Crippen molar-refractivity contribution in [3.8, 4) is 0 Å². The van der Waals surface area contributed by atoms with Crippen molar-refractivity contribution < 1.29 is 9.59 Å². The summed E-state index contributed by atoms with van der Waals surface area (Å²) in [6.45, 7) is 11.4. The largest absolute Gasteiger partial charge is 0.341 e. The summed E-state index contributed by atoms with van der Waals surface area (Å²) in [7, 11) is 0. The summed E-state index contributed by atoms with van der Waals surface area (Å²) in [5.41, 5.74) is 3.56. The Balaban J connectivity index is 1.21. The van der Waals surface area contributed by atoms with Gasteiger partial charge in [-0.3, -0.25) is 9.59 Å². The van der Waals surface area contributed by atoms with Gasteiger partial charge in [-0.05, 0) is 94.1 Å². The Hall–Kier alpha value is -2.70. The van der Waals surface area contributed by atoms with Crippen LogP contribution < -0.4 is 5.32 Å². The molecule has 3 aliphatic carbocycles. The van der Waals surface area contributed by atoms with Crippen LogP contribution in [0, 0.1) is 37.0 Å². The molecule has 1 saturated heterocycles. The number of carbonyl (C=O) groups is 2. The first kappa shape index (κ1) is 26.5. The smallest absolute Gasteiger partial charge is 0.230 e. The highest BCUT2D eigenvalue weighted by atomic mass is 16.2. The molecule has 7 heteroatoms. The minimum Gasteiger partial charge on any atom is -0.341 e. The van der Waals surface area contributed by atoms with E-state index in [0.29, 0.717) is 30.5 Å². The third-order valence-corrected chi connectivity index (χ3v) is 10.3. The summed E-state index contributed by atoms with van der Waals surface area (Å²) < 4.78 is 2.40. The van der Waals surface area contributed by atoms with Crippen molar-refractivity contribution in [2.45, 2.75) is 104 Å². The van der Waals surface area contributed by atoms with Crippen LogP contribution in [0.25, 0.3) is 0 Å². The van der Waals surface area contributed by atoms with Crippen LogP contribution in [0.4, 0.5) is 5.69 Å². The molecule has 7 nitrogen and oxygen atoms in total. The number of benzene rings is 1. The standard InChI is InChI=1S/C32H45N5O2/c1-19-6-9-28(20(2)14-19)33-31(39)27-18-36(21(3)38)17-26(27)30-35-34-29(37(30)25-7-8-25)24-15-23(16-24)22-10-12-32(4,5)13-11-22/h6,9,14,22-27H,7-8,10-13,15-18H2,1-5H3,(H,33,39)/t23?,24?,26-,27-/m1/s1. The van der Waals surface area contributed by atoms with E-state index in [4.69, 9.17) is 10.2 Å². The third-order valence-electron chi connectivity index (χ3n) is 10.3. The highest BCUT2D eigenvalue weighted by Crippen LogP contribution is 2.53. The van der Waals surface area contributed by atoms with Crippen LogP contribution in [0.1, 0.15) is 113 Å². The molecule has 4 aliphatic rings. The number of rotatable bonds is 6. The fourth-order valence-corrected chi connectivity index (χ4v) is 7.47. The first-order valence-corrected chi connectivity index (χ1v) is 15.2. The fourth-order valence-electron chi connectivity index (χ4n) is 7.47. The van der Waals surface area contributed by atoms with Crippen LogP contribution in [-0.4, -0.2) is 44.6 Å². The van der Waals surface area contributed by atoms with Crippen molar-refractivity contribution in [2.75, 3.05) is 18.4 Å². The third kappa shape index (κ3) is 5.26. The Morgan fingerprint density at radius 3 is 2.28 bits per heavy atom. The quantitative estimate of drug-likeness (QED) is 0.486. The molecule has 0 radical (unpaired) electrons. The predicted molar refractivity (Wildman–Crippen MR) is 153 cm³/mol. The number of aryl methyl sites for hydroxylation is 2. The molecule has 6 rings (SSSR count). The summed E-state index contributed by atoms with van der Waals surface area (Å²) in [6.07, 6.45) is 10.2. The van der Waals surface area contributed by atoms with Gasteiger partial charge in [-0.1, -0.05) is 31.5 Å². The molecule has 2 aromatic rings. The second kappa shape index (κ2) is 10.0.